The van der Waals surface area contributed by atoms with Gasteiger partial charge in [-0.15, -0.1) is 0 Å². The molecule has 0 aromatic heterocycles. The fraction of sp³-hybridized carbons (Fsp3) is 1.00. The van der Waals surface area contributed by atoms with Crippen molar-refractivity contribution in [1.82, 2.24) is 0 Å². The second kappa shape index (κ2) is 9.16. The van der Waals surface area contributed by atoms with Gasteiger partial charge in [-0.1, -0.05) is 65.7 Å². The van der Waals surface area contributed by atoms with E-state index in [-0.39, 0.29) is 16.8 Å². The van der Waals surface area contributed by atoms with Crippen molar-refractivity contribution in [3.05, 3.63) is 0 Å². The largest absolute Gasteiger partial charge is 0.0971 e. The molecule has 3 fully saturated rings. The molecule has 0 bridgehead atoms. The number of rotatable bonds is 3. The Morgan fingerprint density at radius 1 is 0.400 bits per heavy atom. The molecule has 0 amide bonds. The summed E-state index contributed by atoms with van der Waals surface area (Å²) < 4.78 is 0. The van der Waals surface area contributed by atoms with Gasteiger partial charge in [-0.2, -0.15) is 0 Å². The molecule has 0 atom stereocenters. The van der Waals surface area contributed by atoms with Crippen molar-refractivity contribution in [3.63, 3.8) is 0 Å². The van der Waals surface area contributed by atoms with E-state index in [4.69, 9.17) is 0 Å². The molecule has 0 spiro atoms. The summed E-state index contributed by atoms with van der Waals surface area (Å²) in [7, 11) is 0.385. The third-order valence-electron chi connectivity index (χ3n) is 5.99. The van der Waals surface area contributed by atoms with Gasteiger partial charge in [0, 0.05) is 16.8 Å². The molecule has 0 heterocycles. The molecule has 3 aliphatic rings. The van der Waals surface area contributed by atoms with Gasteiger partial charge in [0.25, 0.3) is 0 Å². The Labute approximate surface area is 138 Å². The maximum Gasteiger partial charge on any atom is 0 e. The molecule has 0 aromatic carbocycles. The molecule has 20 heavy (non-hydrogen) atoms. The molecule has 119 valence electrons. The fourth-order valence-electron chi connectivity index (χ4n) is 5.03. The minimum absolute atomic E-state index is 0. The van der Waals surface area contributed by atoms with Crippen molar-refractivity contribution in [2.75, 3.05) is 0 Å². The summed E-state index contributed by atoms with van der Waals surface area (Å²) in [4.78, 5) is 0. The third-order valence-corrected chi connectivity index (χ3v) is 10.1. The zero-order valence-corrected chi connectivity index (χ0v) is 15.1. The maximum atomic E-state index is 1.61. The van der Waals surface area contributed by atoms with Crippen LogP contribution in [-0.4, -0.2) is 17.0 Å². The molecule has 3 saturated carbocycles. The van der Waals surface area contributed by atoms with Crippen molar-refractivity contribution in [3.8, 4) is 0 Å². The van der Waals surface area contributed by atoms with E-state index >= 15 is 0 Å². The van der Waals surface area contributed by atoms with Gasteiger partial charge in [0.2, 0.25) is 0 Å². The SMILES string of the molecule is C1CCC(P(C2CCCCC2)C2CCCCC2)CC1.[Co]. The topological polar surface area (TPSA) is 0 Å². The van der Waals surface area contributed by atoms with Crippen molar-refractivity contribution in [1.29, 1.82) is 0 Å². The van der Waals surface area contributed by atoms with Gasteiger partial charge in [-0.25, -0.2) is 0 Å². The minimum atomic E-state index is 0. The van der Waals surface area contributed by atoms with Gasteiger partial charge < -0.3 is 0 Å². The first-order valence-corrected chi connectivity index (χ1v) is 10.8. The van der Waals surface area contributed by atoms with E-state index < -0.39 is 0 Å². The van der Waals surface area contributed by atoms with E-state index in [9.17, 15) is 0 Å². The summed E-state index contributed by atoms with van der Waals surface area (Å²) in [6.45, 7) is 0. The molecule has 2 heteroatoms. The van der Waals surface area contributed by atoms with Crippen LogP contribution in [0.25, 0.3) is 0 Å². The van der Waals surface area contributed by atoms with Crippen molar-refractivity contribution >= 4 is 7.92 Å². The summed E-state index contributed by atoms with van der Waals surface area (Å²) in [6, 6.07) is 0. The molecule has 0 unspecified atom stereocenters. The summed E-state index contributed by atoms with van der Waals surface area (Å²) >= 11 is 0. The van der Waals surface area contributed by atoms with Gasteiger partial charge in [0.15, 0.2) is 0 Å². The quantitative estimate of drug-likeness (QED) is 0.517. The van der Waals surface area contributed by atoms with Crippen LogP contribution in [0.2, 0.25) is 0 Å². The summed E-state index contributed by atoms with van der Waals surface area (Å²) in [5.74, 6) is 0. The molecule has 1 radical (unpaired) electrons. The van der Waals surface area contributed by atoms with E-state index in [2.05, 4.69) is 0 Å². The summed E-state index contributed by atoms with van der Waals surface area (Å²) in [6.07, 6.45) is 23.6. The van der Waals surface area contributed by atoms with Gasteiger partial charge in [0.1, 0.15) is 0 Å². The van der Waals surface area contributed by atoms with Crippen LogP contribution in [0.15, 0.2) is 0 Å². The Hall–Kier alpha value is 0.936. The molecule has 0 aliphatic heterocycles. The minimum Gasteiger partial charge on any atom is -0.0971 e. The first-order valence-electron chi connectivity index (χ1n) is 9.22. The van der Waals surface area contributed by atoms with Crippen LogP contribution in [0.5, 0.6) is 0 Å². The standard InChI is InChI=1S/C18H33P.Co/c1-4-10-16(11-5-1)19(17-12-6-2-7-13-17)18-14-8-3-9-15-18;/h16-18H,1-15H2;. The third kappa shape index (κ3) is 4.47. The van der Waals surface area contributed by atoms with Crippen LogP contribution in [0.4, 0.5) is 0 Å². The Kier molecular flexibility index (Phi) is 7.92. The number of hydrogen-bond acceptors (Lipinski definition) is 0. The van der Waals surface area contributed by atoms with Gasteiger partial charge in [-0.3, -0.25) is 0 Å². The first kappa shape index (κ1) is 17.3. The van der Waals surface area contributed by atoms with Crippen LogP contribution in [0.1, 0.15) is 96.3 Å². The van der Waals surface area contributed by atoms with Crippen LogP contribution < -0.4 is 0 Å². The van der Waals surface area contributed by atoms with Gasteiger partial charge in [0.05, 0.1) is 0 Å². The zero-order chi connectivity index (χ0) is 12.9. The van der Waals surface area contributed by atoms with E-state index in [1.165, 1.54) is 36.2 Å². The predicted molar refractivity (Wildman–Crippen MR) is 87.5 cm³/mol. The summed E-state index contributed by atoms with van der Waals surface area (Å²) in [5, 5.41) is 0. The molecule has 3 aliphatic carbocycles. The average molecular weight is 339 g/mol. The van der Waals surface area contributed by atoms with Crippen LogP contribution in [-0.2, 0) is 16.8 Å². The monoisotopic (exact) mass is 339 g/mol. The predicted octanol–water partition coefficient (Wildman–Crippen LogP) is 6.46. The average Bonchev–Trinajstić information content (AvgIpc) is 2.51. The van der Waals surface area contributed by atoms with E-state index in [0.717, 1.165) is 0 Å². The Morgan fingerprint density at radius 2 is 0.650 bits per heavy atom. The second-order valence-electron chi connectivity index (χ2n) is 7.32. The second-order valence-corrected chi connectivity index (χ2v) is 10.4. The van der Waals surface area contributed by atoms with Crippen LogP contribution in [0, 0.1) is 0 Å². The van der Waals surface area contributed by atoms with Crippen molar-refractivity contribution < 1.29 is 16.8 Å². The Bertz CT molecular complexity index is 207. The first-order chi connectivity index (χ1) is 9.45. The van der Waals surface area contributed by atoms with Gasteiger partial charge in [-0.05, 0) is 55.5 Å². The van der Waals surface area contributed by atoms with E-state index in [1.54, 1.807) is 77.0 Å². The number of hydrogen-bond donors (Lipinski definition) is 0. The van der Waals surface area contributed by atoms with Crippen LogP contribution in [0.3, 0.4) is 0 Å². The normalized spacial score (nSPS) is 27.4. The zero-order valence-electron chi connectivity index (χ0n) is 13.1. The molecule has 0 aromatic rings. The summed E-state index contributed by atoms with van der Waals surface area (Å²) in [5.41, 5.74) is 3.57. The van der Waals surface area contributed by atoms with Crippen molar-refractivity contribution in [2.45, 2.75) is 113 Å². The smallest absolute Gasteiger partial charge is 0 e. The van der Waals surface area contributed by atoms with E-state index in [1.807, 2.05) is 0 Å². The maximum absolute atomic E-state index is 1.61. The molecule has 0 saturated heterocycles. The Morgan fingerprint density at radius 3 is 0.900 bits per heavy atom. The Balaban J connectivity index is 0.00000147. The molecule has 0 N–H and O–H groups in total. The van der Waals surface area contributed by atoms with Crippen LogP contribution >= 0.6 is 7.92 Å². The molecular formula is C18H33CoP. The fourth-order valence-corrected chi connectivity index (χ4v) is 9.71. The van der Waals surface area contributed by atoms with E-state index in [0.29, 0.717) is 7.92 Å². The molecule has 3 rings (SSSR count). The van der Waals surface area contributed by atoms with Gasteiger partial charge >= 0.3 is 0 Å². The molecular weight excluding hydrogens is 306 g/mol. The molecule has 0 nitrogen and oxygen atoms in total. The van der Waals surface area contributed by atoms with Crippen molar-refractivity contribution in [2.24, 2.45) is 0 Å².